The number of carbonyl (C=O) groups excluding carboxylic acids is 2. The Kier molecular flexibility index (Phi) is 23.2. The van der Waals surface area contributed by atoms with Crippen molar-refractivity contribution < 1.29 is 52.2 Å². The van der Waals surface area contributed by atoms with E-state index in [4.69, 9.17) is 42.6 Å². The highest BCUT2D eigenvalue weighted by Crippen LogP contribution is 2.19. The third-order valence-electron chi connectivity index (χ3n) is 4.89. The van der Waals surface area contributed by atoms with E-state index in [-0.39, 0.29) is 59.1 Å². The summed E-state index contributed by atoms with van der Waals surface area (Å²) in [5.74, 6) is 0.0952. The Balaban J connectivity index is 0.000000938. The number of nitrogens with one attached hydrogen (secondary N) is 1. The number of hydrogen-bond donors (Lipinski definition) is 1. The Morgan fingerprint density at radius 1 is 0.727 bits per heavy atom. The molecule has 0 fully saturated rings. The third-order valence-corrected chi connectivity index (χ3v) is 4.89. The quantitative estimate of drug-likeness (QED) is 0.103. The minimum Gasteiger partial charge on any atom is -0.457 e. The van der Waals surface area contributed by atoms with E-state index in [1.165, 1.54) is 0 Å². The number of esters is 2. The summed E-state index contributed by atoms with van der Waals surface area (Å²) in [6.45, 7) is 11.6. The number of hydrogen-bond acceptors (Lipinski definition) is 17. The monoisotopic (exact) mass is 632 g/mol. The van der Waals surface area contributed by atoms with Gasteiger partial charge in [-0.15, -0.1) is 0 Å². The lowest BCUT2D eigenvalue weighted by Crippen LogP contribution is -2.35. The van der Waals surface area contributed by atoms with Crippen LogP contribution in [-0.4, -0.2) is 129 Å². The molecule has 1 aromatic heterocycles. The molecule has 1 aromatic rings. The molecule has 1 N–H and O–H groups in total. The van der Waals surface area contributed by atoms with E-state index in [1.54, 1.807) is 66.3 Å². The van der Waals surface area contributed by atoms with Crippen molar-refractivity contribution in [3.8, 4) is 0 Å². The molecule has 3 atom stereocenters. The molecule has 0 amide bonds. The van der Waals surface area contributed by atoms with Crippen molar-refractivity contribution in [3.05, 3.63) is 31.1 Å². The number of carbonyl (C=O) groups is 2. The molecule has 0 aliphatic heterocycles. The van der Waals surface area contributed by atoms with Gasteiger partial charge in [0, 0.05) is 54.8 Å². The van der Waals surface area contributed by atoms with E-state index >= 15 is 0 Å². The number of anilines is 2. The van der Waals surface area contributed by atoms with Gasteiger partial charge in [-0.25, -0.2) is 9.59 Å². The van der Waals surface area contributed by atoms with E-state index in [2.05, 4.69) is 33.4 Å². The fraction of sp³-hybridized carbons (Fsp3) is 0.667. The molecule has 0 spiro atoms. The maximum atomic E-state index is 10.8. The molecule has 17 heteroatoms. The molecular formula is C27H48N6O11. The van der Waals surface area contributed by atoms with E-state index in [0.717, 1.165) is 12.2 Å². The van der Waals surface area contributed by atoms with Gasteiger partial charge in [0.2, 0.25) is 11.9 Å². The summed E-state index contributed by atoms with van der Waals surface area (Å²) in [5.41, 5.74) is 0. The molecule has 44 heavy (non-hydrogen) atoms. The molecule has 0 aliphatic carbocycles. The van der Waals surface area contributed by atoms with Crippen LogP contribution in [0.15, 0.2) is 25.3 Å². The maximum Gasteiger partial charge on any atom is 0.330 e. The van der Waals surface area contributed by atoms with Crippen LogP contribution in [-0.2, 0) is 52.2 Å². The molecule has 0 aliphatic rings. The summed E-state index contributed by atoms with van der Waals surface area (Å²) in [6, 6.07) is 0. The summed E-state index contributed by atoms with van der Waals surface area (Å²) < 4.78 is 46.3. The van der Waals surface area contributed by atoms with Gasteiger partial charge in [-0.2, -0.15) is 15.0 Å². The van der Waals surface area contributed by atoms with Crippen LogP contribution in [0.1, 0.15) is 25.9 Å². The average molecular weight is 633 g/mol. The fourth-order valence-corrected chi connectivity index (χ4v) is 3.10. The predicted octanol–water partition coefficient (Wildman–Crippen LogP) is 0.977. The molecule has 1 heterocycles. The number of aromatic nitrogens is 3. The summed E-state index contributed by atoms with van der Waals surface area (Å²) in [5, 5.41) is 3.04. The van der Waals surface area contributed by atoms with Crippen LogP contribution >= 0.6 is 0 Å². The van der Waals surface area contributed by atoms with Gasteiger partial charge in [-0.3, -0.25) is 15.1 Å². The molecule has 252 valence electrons. The standard InChI is InChI=1S/C15H30N6O6.C12H18O5/c1-22-7-16-13(27-6)12-17-14(20(8-23-2)9-24-3)19-15(18-12)21(10-25-4)11-26-5;1-5-11(13)16-9(3)7-15-8-10(4)17-12(14)6-2/h13,16H,7-11H2,1-6H3;5-6,9-10H,1-2,7-8H2,3-4H3. The summed E-state index contributed by atoms with van der Waals surface area (Å²) >= 11 is 0. The second-order valence-electron chi connectivity index (χ2n) is 8.74. The zero-order valence-electron chi connectivity index (χ0n) is 27.0. The highest BCUT2D eigenvalue weighted by molar-refractivity contribution is 5.81. The van der Waals surface area contributed by atoms with Crippen molar-refractivity contribution in [1.29, 1.82) is 0 Å². The van der Waals surface area contributed by atoms with Crippen molar-refractivity contribution in [2.75, 3.05) is 99.3 Å². The molecule has 1 rings (SSSR count). The van der Waals surface area contributed by atoms with Crippen LogP contribution in [0, 0.1) is 0 Å². The first-order valence-electron chi connectivity index (χ1n) is 13.3. The highest BCUT2D eigenvalue weighted by Gasteiger charge is 2.22. The van der Waals surface area contributed by atoms with E-state index in [9.17, 15) is 9.59 Å². The minimum atomic E-state index is -0.607. The van der Waals surface area contributed by atoms with E-state index in [0.29, 0.717) is 17.7 Å². The van der Waals surface area contributed by atoms with E-state index < -0.39 is 18.2 Å². The molecule has 0 aromatic carbocycles. The van der Waals surface area contributed by atoms with Gasteiger partial charge in [-0.05, 0) is 13.8 Å². The molecule has 0 bridgehead atoms. The summed E-state index contributed by atoms with van der Waals surface area (Å²) in [4.78, 5) is 38.5. The Morgan fingerprint density at radius 3 is 1.45 bits per heavy atom. The van der Waals surface area contributed by atoms with Gasteiger partial charge in [0.25, 0.3) is 0 Å². The van der Waals surface area contributed by atoms with Crippen molar-refractivity contribution in [2.45, 2.75) is 32.3 Å². The first-order chi connectivity index (χ1) is 21.1. The number of methoxy groups -OCH3 is 6. The van der Waals surface area contributed by atoms with Crippen molar-refractivity contribution in [1.82, 2.24) is 20.3 Å². The van der Waals surface area contributed by atoms with Crippen molar-refractivity contribution >= 4 is 23.8 Å². The molecule has 0 radical (unpaired) electrons. The van der Waals surface area contributed by atoms with Crippen LogP contribution in [0.2, 0.25) is 0 Å². The SMILES string of the molecule is C=CC(=O)OC(C)COCC(C)OC(=O)C=C.COCNC(OC)c1nc(N(COC)COC)nc(N(COC)COC)n1. The first-order valence-corrected chi connectivity index (χ1v) is 13.3. The average Bonchev–Trinajstić information content (AvgIpc) is 3.01. The van der Waals surface area contributed by atoms with Crippen LogP contribution in [0.3, 0.4) is 0 Å². The Morgan fingerprint density at radius 2 is 1.14 bits per heavy atom. The molecule has 0 saturated carbocycles. The predicted molar refractivity (Wildman–Crippen MR) is 159 cm³/mol. The second kappa shape index (κ2) is 25.1. The first kappa shape index (κ1) is 40.7. The van der Waals surface area contributed by atoms with Crippen LogP contribution in [0.5, 0.6) is 0 Å². The number of rotatable bonds is 23. The van der Waals surface area contributed by atoms with Crippen molar-refractivity contribution in [2.24, 2.45) is 0 Å². The molecule has 17 nitrogen and oxygen atoms in total. The Bertz CT molecular complexity index is 885. The maximum absolute atomic E-state index is 10.8. The van der Waals surface area contributed by atoms with Gasteiger partial charge < -0.3 is 42.6 Å². The number of nitrogens with zero attached hydrogens (tertiary/aromatic N) is 5. The normalized spacial score (nSPS) is 12.6. The lowest BCUT2D eigenvalue weighted by Gasteiger charge is -2.26. The lowest BCUT2D eigenvalue weighted by atomic mass is 10.4. The minimum absolute atomic E-state index is 0.231. The number of ether oxygens (including phenoxy) is 9. The zero-order valence-corrected chi connectivity index (χ0v) is 27.0. The summed E-state index contributed by atoms with van der Waals surface area (Å²) in [6.07, 6.45) is 0.825. The van der Waals surface area contributed by atoms with Gasteiger partial charge >= 0.3 is 11.9 Å². The second-order valence-corrected chi connectivity index (χ2v) is 8.74. The highest BCUT2D eigenvalue weighted by atomic mass is 16.6. The van der Waals surface area contributed by atoms with Crippen LogP contribution < -0.4 is 15.1 Å². The van der Waals surface area contributed by atoms with Gasteiger partial charge in [0.1, 0.15) is 39.1 Å². The van der Waals surface area contributed by atoms with E-state index in [1.807, 2.05) is 0 Å². The van der Waals surface area contributed by atoms with Crippen LogP contribution in [0.4, 0.5) is 11.9 Å². The fourth-order valence-electron chi connectivity index (χ4n) is 3.10. The topological polar surface area (TPSA) is 174 Å². The summed E-state index contributed by atoms with van der Waals surface area (Å²) in [7, 11) is 9.41. The Labute approximate surface area is 259 Å². The lowest BCUT2D eigenvalue weighted by molar-refractivity contribution is -0.148. The molecule has 3 unspecified atom stereocenters. The molecular weight excluding hydrogens is 584 g/mol. The molecule has 0 saturated heterocycles. The zero-order chi connectivity index (χ0) is 33.3. The Hall–Kier alpha value is -3.29. The largest absolute Gasteiger partial charge is 0.457 e. The van der Waals surface area contributed by atoms with Gasteiger partial charge in [0.05, 0.1) is 19.9 Å². The smallest absolute Gasteiger partial charge is 0.330 e. The third kappa shape index (κ3) is 17.1. The van der Waals surface area contributed by atoms with Gasteiger partial charge in [0.15, 0.2) is 12.1 Å². The van der Waals surface area contributed by atoms with Crippen molar-refractivity contribution in [3.63, 3.8) is 0 Å². The van der Waals surface area contributed by atoms with Crippen LogP contribution in [0.25, 0.3) is 0 Å². The van der Waals surface area contributed by atoms with Gasteiger partial charge in [-0.1, -0.05) is 13.2 Å².